The van der Waals surface area contributed by atoms with Gasteiger partial charge >= 0.3 is 6.09 Å². The maximum atomic E-state index is 12.7. The van der Waals surface area contributed by atoms with Crippen molar-refractivity contribution in [1.29, 1.82) is 0 Å². The van der Waals surface area contributed by atoms with Gasteiger partial charge in [-0.15, -0.1) is 0 Å². The average molecular weight is 441 g/mol. The minimum absolute atomic E-state index is 0.0255. The van der Waals surface area contributed by atoms with Crippen molar-refractivity contribution in [2.75, 3.05) is 19.7 Å². The van der Waals surface area contributed by atoms with Gasteiger partial charge in [0.2, 0.25) is 0 Å². The molecule has 9 heteroatoms. The Bertz CT molecular complexity index is 866. The first-order chi connectivity index (χ1) is 15.5. The molecule has 1 aromatic heterocycles. The van der Waals surface area contributed by atoms with Gasteiger partial charge < -0.3 is 9.64 Å². The van der Waals surface area contributed by atoms with Crippen LogP contribution in [0.25, 0.3) is 0 Å². The maximum Gasteiger partial charge on any atom is 0.429 e. The second-order valence-electron chi connectivity index (χ2n) is 8.95. The van der Waals surface area contributed by atoms with Crippen molar-refractivity contribution >= 4 is 18.2 Å². The number of rotatable bonds is 6. The number of nitrogens with zero attached hydrogens (tertiary/aromatic N) is 5. The Morgan fingerprint density at radius 2 is 1.91 bits per heavy atom. The van der Waals surface area contributed by atoms with Crippen LogP contribution in [0.2, 0.25) is 0 Å². The molecule has 1 unspecified atom stereocenters. The Hall–Kier alpha value is -2.94. The number of ether oxygens (including phenoxy) is 1. The van der Waals surface area contributed by atoms with Crippen molar-refractivity contribution in [1.82, 2.24) is 25.2 Å². The van der Waals surface area contributed by atoms with Gasteiger partial charge in [0.25, 0.3) is 5.91 Å². The van der Waals surface area contributed by atoms with Gasteiger partial charge in [-0.05, 0) is 49.8 Å². The average Bonchev–Trinajstić information content (AvgIpc) is 3.21. The number of aliphatic imine (C=N–C) groups is 1. The standard InChI is InChI=1S/C23H32N6O3/c1-16(2)20-15-32-23(31)29(20)28-12-4-9-25-22(28)26-17(3)18-7-13-27(14-8-18)21(30)19-5-10-24-11-6-19/h4-6,9-12,16-18,20,22,26H,7-8,13-15H2,1-3H3/t17-,20+,22?/m0/s1. The highest BCUT2D eigenvalue weighted by molar-refractivity contribution is 5.94. The molecule has 0 aromatic carbocycles. The van der Waals surface area contributed by atoms with E-state index < -0.39 is 0 Å². The summed E-state index contributed by atoms with van der Waals surface area (Å²) in [7, 11) is 0. The lowest BCUT2D eigenvalue weighted by molar-refractivity contribution is -0.0206. The topological polar surface area (TPSA) is 90.4 Å². The lowest BCUT2D eigenvalue weighted by Gasteiger charge is -2.42. The van der Waals surface area contributed by atoms with Gasteiger partial charge in [-0.1, -0.05) is 13.8 Å². The molecule has 4 heterocycles. The van der Waals surface area contributed by atoms with Gasteiger partial charge in [0.15, 0.2) is 6.29 Å². The number of hydrogen-bond donors (Lipinski definition) is 1. The molecule has 3 aliphatic rings. The van der Waals surface area contributed by atoms with Crippen LogP contribution in [0, 0.1) is 11.8 Å². The van der Waals surface area contributed by atoms with E-state index in [-0.39, 0.29) is 36.3 Å². The fourth-order valence-electron chi connectivity index (χ4n) is 4.54. The number of cyclic esters (lactones) is 1. The SMILES string of the molecule is CC(C)[C@H]1COC(=O)N1N1C=CC=NC1N[C@@H](C)C1CCN(C(=O)c2ccncc2)CC1. The molecule has 1 aromatic rings. The maximum absolute atomic E-state index is 12.7. The van der Waals surface area contributed by atoms with Crippen LogP contribution in [-0.2, 0) is 4.74 Å². The molecule has 0 aliphatic carbocycles. The van der Waals surface area contributed by atoms with Crippen LogP contribution < -0.4 is 5.32 Å². The third-order valence-electron chi connectivity index (χ3n) is 6.57. The summed E-state index contributed by atoms with van der Waals surface area (Å²) < 4.78 is 5.32. The zero-order valence-electron chi connectivity index (χ0n) is 18.9. The van der Waals surface area contributed by atoms with E-state index >= 15 is 0 Å². The molecule has 0 radical (unpaired) electrons. The number of hydrazine groups is 1. The minimum atomic E-state index is -0.376. The summed E-state index contributed by atoms with van der Waals surface area (Å²) in [5.74, 6) is 0.735. The van der Waals surface area contributed by atoms with E-state index in [0.29, 0.717) is 18.1 Å². The van der Waals surface area contributed by atoms with Gasteiger partial charge in [0, 0.05) is 49.5 Å². The summed E-state index contributed by atoms with van der Waals surface area (Å²) in [6, 6.07) is 3.66. The molecule has 2 amide bonds. The molecular weight excluding hydrogens is 408 g/mol. The van der Waals surface area contributed by atoms with Gasteiger partial charge in [-0.2, -0.15) is 0 Å². The van der Waals surface area contributed by atoms with Crippen molar-refractivity contribution < 1.29 is 14.3 Å². The monoisotopic (exact) mass is 440 g/mol. The molecule has 2 fully saturated rings. The largest absolute Gasteiger partial charge is 0.446 e. The third-order valence-corrected chi connectivity index (χ3v) is 6.57. The van der Waals surface area contributed by atoms with Gasteiger partial charge in [-0.3, -0.25) is 20.1 Å². The van der Waals surface area contributed by atoms with E-state index in [0.717, 1.165) is 25.9 Å². The number of aromatic nitrogens is 1. The number of hydrogen-bond acceptors (Lipinski definition) is 7. The van der Waals surface area contributed by atoms with Crippen LogP contribution in [0.3, 0.4) is 0 Å². The van der Waals surface area contributed by atoms with Gasteiger partial charge in [0.1, 0.15) is 6.61 Å². The highest BCUT2D eigenvalue weighted by Gasteiger charge is 2.41. The molecule has 2 saturated heterocycles. The normalized spacial score (nSPS) is 24.9. The number of likely N-dealkylation sites (tertiary alicyclic amines) is 1. The van der Waals surface area contributed by atoms with Crippen molar-refractivity contribution in [3.63, 3.8) is 0 Å². The highest BCUT2D eigenvalue weighted by atomic mass is 16.6. The zero-order chi connectivity index (χ0) is 22.7. The molecule has 0 bridgehead atoms. The van der Waals surface area contributed by atoms with E-state index in [4.69, 9.17) is 4.74 Å². The van der Waals surface area contributed by atoms with E-state index in [2.05, 4.69) is 36.1 Å². The fourth-order valence-corrected chi connectivity index (χ4v) is 4.54. The number of allylic oxidation sites excluding steroid dienone is 1. The number of carbonyl (C=O) groups is 2. The number of nitrogens with one attached hydrogen (secondary N) is 1. The Labute approximate surface area is 189 Å². The molecular formula is C23H32N6O3. The van der Waals surface area contributed by atoms with Crippen molar-refractivity contribution in [2.45, 2.75) is 52.0 Å². The fraction of sp³-hybridized carbons (Fsp3) is 0.565. The first-order valence-electron chi connectivity index (χ1n) is 11.3. The lowest BCUT2D eigenvalue weighted by atomic mass is 9.90. The third kappa shape index (κ3) is 4.62. The number of carbonyl (C=O) groups excluding carboxylic acids is 2. The van der Waals surface area contributed by atoms with Crippen LogP contribution in [-0.4, -0.2) is 76.2 Å². The van der Waals surface area contributed by atoms with Crippen LogP contribution in [0.15, 0.2) is 41.8 Å². The van der Waals surface area contributed by atoms with Crippen molar-refractivity contribution in [3.05, 3.63) is 42.4 Å². The Kier molecular flexibility index (Phi) is 6.74. The Morgan fingerprint density at radius 1 is 1.19 bits per heavy atom. The van der Waals surface area contributed by atoms with Gasteiger partial charge in [0.05, 0.1) is 6.04 Å². The molecule has 32 heavy (non-hydrogen) atoms. The first-order valence-corrected chi connectivity index (χ1v) is 11.3. The molecule has 9 nitrogen and oxygen atoms in total. The van der Waals surface area contributed by atoms with Crippen LogP contribution in [0.4, 0.5) is 4.79 Å². The minimum Gasteiger partial charge on any atom is -0.446 e. The number of pyridine rings is 1. The second-order valence-corrected chi connectivity index (χ2v) is 8.95. The zero-order valence-corrected chi connectivity index (χ0v) is 18.9. The van der Waals surface area contributed by atoms with E-state index in [1.807, 2.05) is 22.2 Å². The van der Waals surface area contributed by atoms with Crippen molar-refractivity contribution in [3.8, 4) is 0 Å². The predicted octanol–water partition coefficient (Wildman–Crippen LogP) is 2.49. The highest BCUT2D eigenvalue weighted by Crippen LogP contribution is 2.26. The van der Waals surface area contributed by atoms with Crippen molar-refractivity contribution in [2.24, 2.45) is 16.8 Å². The van der Waals surface area contributed by atoms with E-state index in [1.54, 1.807) is 35.7 Å². The molecule has 3 aliphatic heterocycles. The van der Waals surface area contributed by atoms with E-state index in [1.165, 1.54) is 0 Å². The molecule has 4 rings (SSSR count). The summed E-state index contributed by atoms with van der Waals surface area (Å²) in [6.45, 7) is 8.16. The van der Waals surface area contributed by atoms with Crippen LogP contribution >= 0.6 is 0 Å². The second kappa shape index (κ2) is 9.68. The van der Waals surface area contributed by atoms with E-state index in [9.17, 15) is 9.59 Å². The quantitative estimate of drug-likeness (QED) is 0.731. The number of amides is 2. The summed E-state index contributed by atoms with van der Waals surface area (Å²) in [5.41, 5.74) is 0.681. The summed E-state index contributed by atoms with van der Waals surface area (Å²) in [4.78, 5) is 35.6. The lowest BCUT2D eigenvalue weighted by Crippen LogP contribution is -2.58. The molecule has 172 valence electrons. The van der Waals surface area contributed by atoms with Crippen LogP contribution in [0.1, 0.15) is 44.0 Å². The summed E-state index contributed by atoms with van der Waals surface area (Å²) in [5, 5.41) is 7.11. The molecule has 0 saturated carbocycles. The molecule has 3 atom stereocenters. The first kappa shape index (κ1) is 22.3. The summed E-state index contributed by atoms with van der Waals surface area (Å²) in [6.07, 6.45) is 9.86. The Balaban J connectivity index is 1.35. The number of piperidine rings is 1. The van der Waals surface area contributed by atoms with Crippen LogP contribution in [0.5, 0.6) is 0 Å². The molecule has 1 N–H and O–H groups in total. The van der Waals surface area contributed by atoms with Gasteiger partial charge in [-0.25, -0.2) is 14.8 Å². The predicted molar refractivity (Wildman–Crippen MR) is 121 cm³/mol. The smallest absolute Gasteiger partial charge is 0.429 e. The molecule has 0 spiro atoms. The Morgan fingerprint density at radius 3 is 2.59 bits per heavy atom. The summed E-state index contributed by atoms with van der Waals surface area (Å²) >= 11 is 0.